The predicted octanol–water partition coefficient (Wildman–Crippen LogP) is 0.848. The van der Waals surface area contributed by atoms with Gasteiger partial charge in [0.25, 0.3) is 0 Å². The fraction of sp³-hybridized carbons (Fsp3) is 0.857. The van der Waals surface area contributed by atoms with E-state index in [0.717, 1.165) is 0 Å². The lowest BCUT2D eigenvalue weighted by Gasteiger charge is -2.13. The molecule has 11 heavy (non-hydrogen) atoms. The van der Waals surface area contributed by atoms with Crippen LogP contribution in [-0.2, 0) is 4.74 Å². The van der Waals surface area contributed by atoms with E-state index in [2.05, 4.69) is 5.32 Å². The molecule has 3 nitrogen and oxygen atoms in total. The maximum absolute atomic E-state index is 10.7. The molecule has 62 valence electrons. The number of hydrogen-bond acceptors (Lipinski definition) is 3. The third-order valence-corrected chi connectivity index (χ3v) is 3.42. The van der Waals surface area contributed by atoms with E-state index in [9.17, 15) is 4.79 Å². The van der Waals surface area contributed by atoms with Crippen LogP contribution in [0.25, 0.3) is 0 Å². The maximum atomic E-state index is 10.7. The first kappa shape index (κ1) is 7.28. The van der Waals surface area contributed by atoms with Gasteiger partial charge in [0.05, 0.1) is 6.04 Å². The van der Waals surface area contributed by atoms with Crippen molar-refractivity contribution in [1.29, 1.82) is 0 Å². The Labute approximate surface area is 69.9 Å². The Bertz CT molecular complexity index is 168. The summed E-state index contributed by atoms with van der Waals surface area (Å²) in [6.07, 6.45) is 0.978. The van der Waals surface area contributed by atoms with Gasteiger partial charge in [-0.15, -0.1) is 0 Å². The zero-order chi connectivity index (χ0) is 7.68. The third-order valence-electron chi connectivity index (χ3n) is 2.23. The van der Waals surface area contributed by atoms with Gasteiger partial charge < -0.3 is 10.1 Å². The van der Waals surface area contributed by atoms with E-state index < -0.39 is 0 Å². The third kappa shape index (κ3) is 1.45. The molecule has 0 aromatic rings. The van der Waals surface area contributed by atoms with Crippen LogP contribution in [0.15, 0.2) is 0 Å². The molecule has 2 atom stereocenters. The monoisotopic (exact) mass is 173 g/mol. The molecule has 2 aliphatic heterocycles. The van der Waals surface area contributed by atoms with E-state index in [1.54, 1.807) is 0 Å². The molecule has 0 bridgehead atoms. The van der Waals surface area contributed by atoms with Crippen molar-refractivity contribution in [1.82, 2.24) is 5.32 Å². The summed E-state index contributed by atoms with van der Waals surface area (Å²) in [6, 6.07) is 0.289. The van der Waals surface area contributed by atoms with Crippen LogP contribution >= 0.6 is 11.8 Å². The summed E-state index contributed by atoms with van der Waals surface area (Å²) in [6.45, 7) is 0.573. The van der Waals surface area contributed by atoms with Crippen molar-refractivity contribution in [3.63, 3.8) is 0 Å². The van der Waals surface area contributed by atoms with Crippen molar-refractivity contribution in [3.05, 3.63) is 0 Å². The molecule has 4 heteroatoms. The first-order chi connectivity index (χ1) is 5.36. The quantitative estimate of drug-likeness (QED) is 0.638. The van der Waals surface area contributed by atoms with E-state index in [0.29, 0.717) is 12.5 Å². The van der Waals surface area contributed by atoms with Crippen LogP contribution in [-0.4, -0.2) is 30.2 Å². The molecule has 2 saturated heterocycles. The molecule has 0 spiro atoms. The summed E-state index contributed by atoms with van der Waals surface area (Å²) in [5.74, 6) is 3.05. The fourth-order valence-electron chi connectivity index (χ4n) is 1.52. The number of nitrogens with one attached hydrogen (secondary N) is 1. The molecule has 0 aromatic carbocycles. The van der Waals surface area contributed by atoms with Gasteiger partial charge in [-0.05, 0) is 23.8 Å². The van der Waals surface area contributed by atoms with E-state index in [4.69, 9.17) is 4.74 Å². The van der Waals surface area contributed by atoms with Crippen LogP contribution in [0.5, 0.6) is 0 Å². The summed E-state index contributed by atoms with van der Waals surface area (Å²) in [5.41, 5.74) is 0. The molecule has 2 rings (SSSR count). The van der Waals surface area contributed by atoms with Gasteiger partial charge in [-0.2, -0.15) is 11.8 Å². The van der Waals surface area contributed by atoms with Gasteiger partial charge >= 0.3 is 6.09 Å². The van der Waals surface area contributed by atoms with Crippen molar-refractivity contribution >= 4 is 17.9 Å². The van der Waals surface area contributed by atoms with E-state index in [-0.39, 0.29) is 12.1 Å². The number of carbonyl (C=O) groups is 1. The number of ether oxygens (including phenoxy) is 1. The van der Waals surface area contributed by atoms with E-state index in [1.165, 1.54) is 17.9 Å². The highest BCUT2D eigenvalue weighted by Crippen LogP contribution is 2.27. The second kappa shape index (κ2) is 2.93. The van der Waals surface area contributed by atoms with Crippen molar-refractivity contribution in [2.75, 3.05) is 18.1 Å². The topological polar surface area (TPSA) is 38.3 Å². The zero-order valence-electron chi connectivity index (χ0n) is 6.21. The van der Waals surface area contributed by atoms with Gasteiger partial charge in [-0.25, -0.2) is 4.79 Å². The van der Waals surface area contributed by atoms with Crippen LogP contribution in [0.2, 0.25) is 0 Å². The van der Waals surface area contributed by atoms with Gasteiger partial charge in [0.15, 0.2) is 0 Å². The Morgan fingerprint density at radius 2 is 2.55 bits per heavy atom. The fourth-order valence-corrected chi connectivity index (χ4v) is 2.86. The first-order valence-corrected chi connectivity index (χ1v) is 5.03. The molecule has 1 N–H and O–H groups in total. The van der Waals surface area contributed by atoms with Crippen molar-refractivity contribution in [2.24, 2.45) is 5.92 Å². The Morgan fingerprint density at radius 1 is 1.64 bits per heavy atom. The Morgan fingerprint density at radius 3 is 3.09 bits per heavy atom. The number of amides is 1. The molecule has 1 amide bonds. The van der Waals surface area contributed by atoms with Crippen molar-refractivity contribution in [3.8, 4) is 0 Å². The lowest BCUT2D eigenvalue weighted by atomic mass is 10.0. The lowest BCUT2D eigenvalue weighted by molar-refractivity contribution is 0.175. The molecule has 0 aromatic heterocycles. The Balaban J connectivity index is 1.90. The number of rotatable bonds is 1. The number of cyclic esters (lactones) is 1. The summed E-state index contributed by atoms with van der Waals surface area (Å²) >= 11 is 1.96. The minimum atomic E-state index is -0.244. The number of alkyl carbamates (subject to hydrolysis) is 1. The highest BCUT2D eigenvalue weighted by molar-refractivity contribution is 7.99. The summed E-state index contributed by atoms with van der Waals surface area (Å²) in [5, 5.41) is 2.82. The molecule has 2 unspecified atom stereocenters. The number of thioether (sulfide) groups is 1. The molecule has 0 aliphatic carbocycles. The van der Waals surface area contributed by atoms with Gasteiger partial charge in [-0.3, -0.25) is 0 Å². The molecular weight excluding hydrogens is 162 g/mol. The predicted molar refractivity (Wildman–Crippen MR) is 43.7 cm³/mol. The highest BCUT2D eigenvalue weighted by Gasteiger charge is 2.31. The SMILES string of the molecule is O=C1NC(C2CCSC2)CO1. The van der Waals surface area contributed by atoms with Crippen LogP contribution in [0.4, 0.5) is 4.79 Å². The second-order valence-corrected chi connectivity index (χ2v) is 4.12. The van der Waals surface area contributed by atoms with Crippen molar-refractivity contribution < 1.29 is 9.53 Å². The minimum absolute atomic E-state index is 0.244. The van der Waals surface area contributed by atoms with Crippen LogP contribution < -0.4 is 5.32 Å². The average Bonchev–Trinajstić information content (AvgIpc) is 2.55. The molecule has 2 heterocycles. The van der Waals surface area contributed by atoms with Crippen LogP contribution in [0.1, 0.15) is 6.42 Å². The number of carbonyl (C=O) groups excluding carboxylic acids is 1. The smallest absolute Gasteiger partial charge is 0.407 e. The number of hydrogen-bond donors (Lipinski definition) is 1. The second-order valence-electron chi connectivity index (χ2n) is 2.97. The first-order valence-electron chi connectivity index (χ1n) is 3.87. The zero-order valence-corrected chi connectivity index (χ0v) is 7.02. The summed E-state index contributed by atoms with van der Waals surface area (Å²) in [4.78, 5) is 10.7. The molecule has 0 saturated carbocycles. The maximum Gasteiger partial charge on any atom is 0.407 e. The van der Waals surface area contributed by atoms with Crippen molar-refractivity contribution in [2.45, 2.75) is 12.5 Å². The minimum Gasteiger partial charge on any atom is -0.447 e. The van der Waals surface area contributed by atoms with Gasteiger partial charge in [-0.1, -0.05) is 0 Å². The standard InChI is InChI=1S/C7H11NO2S/c9-7-8-6(3-10-7)5-1-2-11-4-5/h5-6H,1-4H2,(H,8,9). The highest BCUT2D eigenvalue weighted by atomic mass is 32.2. The molecule has 2 fully saturated rings. The lowest BCUT2D eigenvalue weighted by Crippen LogP contribution is -2.33. The van der Waals surface area contributed by atoms with E-state index in [1.807, 2.05) is 11.8 Å². The van der Waals surface area contributed by atoms with Crippen LogP contribution in [0, 0.1) is 5.92 Å². The average molecular weight is 173 g/mol. The summed E-state index contributed by atoms with van der Waals surface area (Å²) in [7, 11) is 0. The Hall–Kier alpha value is -0.380. The van der Waals surface area contributed by atoms with Crippen LogP contribution in [0.3, 0.4) is 0 Å². The van der Waals surface area contributed by atoms with Gasteiger partial charge in [0.1, 0.15) is 6.61 Å². The van der Waals surface area contributed by atoms with Gasteiger partial charge in [0.2, 0.25) is 0 Å². The molecular formula is C7H11NO2S. The molecule has 0 radical (unpaired) electrons. The van der Waals surface area contributed by atoms with Gasteiger partial charge in [0, 0.05) is 0 Å². The largest absolute Gasteiger partial charge is 0.447 e. The Kier molecular flexibility index (Phi) is 1.94. The van der Waals surface area contributed by atoms with E-state index >= 15 is 0 Å². The normalized spacial score (nSPS) is 36.9. The summed E-state index contributed by atoms with van der Waals surface area (Å²) < 4.78 is 4.82. The molecule has 2 aliphatic rings.